The monoisotopic (exact) mass is 395 g/mol. The second kappa shape index (κ2) is 7.42. The van der Waals surface area contributed by atoms with E-state index in [1.807, 2.05) is 29.2 Å². The van der Waals surface area contributed by atoms with E-state index in [2.05, 4.69) is 5.32 Å². The summed E-state index contributed by atoms with van der Waals surface area (Å²) < 4.78 is 0. The highest BCUT2D eigenvalue weighted by Gasteiger charge is 2.54. The van der Waals surface area contributed by atoms with E-state index in [4.69, 9.17) is 5.73 Å². The lowest BCUT2D eigenvalue weighted by atomic mass is 9.49. The maximum atomic E-state index is 13.1. The summed E-state index contributed by atoms with van der Waals surface area (Å²) in [6.45, 7) is 2.03. The molecule has 0 radical (unpaired) electrons. The van der Waals surface area contributed by atoms with Crippen molar-refractivity contribution in [2.45, 2.75) is 64.0 Å². The van der Waals surface area contributed by atoms with Gasteiger partial charge in [0.25, 0.3) is 5.91 Å². The Morgan fingerprint density at radius 3 is 2.07 bits per heavy atom. The molecule has 1 heterocycles. The number of rotatable bonds is 4. The lowest BCUT2D eigenvalue weighted by Gasteiger charge is -2.55. The number of carbonyl (C=O) groups is 2. The Kier molecular flexibility index (Phi) is 4.89. The number of hydrogen-bond acceptors (Lipinski definition) is 3. The summed E-state index contributed by atoms with van der Waals surface area (Å²) in [6.07, 6.45) is 9.09. The molecule has 0 aromatic heterocycles. The number of carbonyl (C=O) groups excluding carboxylic acids is 2. The van der Waals surface area contributed by atoms with Crippen LogP contribution < -0.4 is 11.1 Å². The molecule has 2 amide bonds. The summed E-state index contributed by atoms with van der Waals surface area (Å²) in [5, 5.41) is 3.22. The maximum absolute atomic E-state index is 13.1. The molecule has 1 aliphatic heterocycles. The lowest BCUT2D eigenvalue weighted by Crippen LogP contribution is -2.53. The van der Waals surface area contributed by atoms with Crippen LogP contribution in [-0.2, 0) is 11.3 Å². The third-order valence-electron chi connectivity index (χ3n) is 8.00. The van der Waals surface area contributed by atoms with Gasteiger partial charge < -0.3 is 16.0 Å². The average Bonchev–Trinajstić information content (AvgIpc) is 2.71. The largest absolute Gasteiger partial charge is 0.352 e. The lowest BCUT2D eigenvalue weighted by molar-refractivity contribution is -0.146. The van der Waals surface area contributed by atoms with Crippen LogP contribution in [0.3, 0.4) is 0 Å². The second-order valence-electron chi connectivity index (χ2n) is 10.2. The quantitative estimate of drug-likeness (QED) is 0.823. The van der Waals surface area contributed by atoms with Gasteiger partial charge in [0.05, 0.1) is 0 Å². The highest BCUT2D eigenvalue weighted by molar-refractivity contribution is 5.94. The zero-order chi connectivity index (χ0) is 20.0. The first-order valence-corrected chi connectivity index (χ1v) is 11.4. The summed E-state index contributed by atoms with van der Waals surface area (Å²) in [5.41, 5.74) is 7.61. The molecule has 29 heavy (non-hydrogen) atoms. The van der Waals surface area contributed by atoms with Gasteiger partial charge in [-0.15, -0.1) is 0 Å². The summed E-state index contributed by atoms with van der Waals surface area (Å²) in [4.78, 5) is 27.7. The molecule has 1 saturated heterocycles. The molecule has 0 unspecified atom stereocenters. The molecule has 0 spiro atoms. The molecular weight excluding hydrogens is 362 g/mol. The molecule has 156 valence electrons. The van der Waals surface area contributed by atoms with E-state index >= 15 is 0 Å². The fourth-order valence-corrected chi connectivity index (χ4v) is 6.81. The Hall–Kier alpha value is -1.88. The van der Waals surface area contributed by atoms with Gasteiger partial charge in [-0.1, -0.05) is 12.1 Å². The van der Waals surface area contributed by atoms with Crippen LogP contribution in [0.2, 0.25) is 0 Å². The molecule has 5 aliphatic rings. The van der Waals surface area contributed by atoms with E-state index < -0.39 is 0 Å². The van der Waals surface area contributed by atoms with Gasteiger partial charge in [-0.05, 0) is 86.8 Å². The normalized spacial score (nSPS) is 33.7. The van der Waals surface area contributed by atoms with Gasteiger partial charge in [-0.25, -0.2) is 0 Å². The summed E-state index contributed by atoms with van der Waals surface area (Å²) in [6, 6.07) is 7.96. The Labute approximate surface area is 173 Å². The zero-order valence-electron chi connectivity index (χ0n) is 17.2. The number of benzene rings is 1. The molecule has 5 nitrogen and oxygen atoms in total. The molecule has 5 fully saturated rings. The molecule has 6 rings (SSSR count). The van der Waals surface area contributed by atoms with Crippen molar-refractivity contribution < 1.29 is 9.59 Å². The summed E-state index contributed by atoms with van der Waals surface area (Å²) in [7, 11) is 0. The van der Waals surface area contributed by atoms with Crippen LogP contribution in [0.5, 0.6) is 0 Å². The summed E-state index contributed by atoms with van der Waals surface area (Å²) in [5.74, 6) is 2.69. The smallest absolute Gasteiger partial charge is 0.253 e. The average molecular weight is 396 g/mol. The molecule has 3 N–H and O–H groups in total. The van der Waals surface area contributed by atoms with Gasteiger partial charge in [0.15, 0.2) is 0 Å². The molecule has 1 aromatic carbocycles. The van der Waals surface area contributed by atoms with E-state index in [0.29, 0.717) is 6.54 Å². The minimum absolute atomic E-state index is 0.0843. The highest BCUT2D eigenvalue weighted by atomic mass is 16.2. The molecule has 4 saturated carbocycles. The Bertz CT molecular complexity index is 745. The number of nitrogens with two attached hydrogens (primary N) is 1. The van der Waals surface area contributed by atoms with Crippen molar-refractivity contribution >= 4 is 11.8 Å². The van der Waals surface area contributed by atoms with Crippen LogP contribution in [0.15, 0.2) is 24.3 Å². The highest BCUT2D eigenvalue weighted by Crippen LogP contribution is 2.60. The number of hydrogen-bond donors (Lipinski definition) is 2. The standard InChI is InChI=1S/C24H33N3O2/c25-21-5-7-27(8-6-21)22(28)20-3-1-16(2-4-20)15-26-23(29)24-12-17-9-18(13-24)11-19(10-17)14-24/h1-4,17-19,21H,5-15,25H2,(H,26,29). The maximum Gasteiger partial charge on any atom is 0.253 e. The topological polar surface area (TPSA) is 75.4 Å². The van der Waals surface area contributed by atoms with Gasteiger partial charge in [0.1, 0.15) is 0 Å². The first kappa shape index (κ1) is 19.1. The minimum atomic E-state index is -0.0975. The van der Waals surface area contributed by atoms with Crippen molar-refractivity contribution in [3.63, 3.8) is 0 Å². The van der Waals surface area contributed by atoms with Crippen LogP contribution >= 0.6 is 0 Å². The number of piperidine rings is 1. The molecular formula is C24H33N3O2. The van der Waals surface area contributed by atoms with Crippen molar-refractivity contribution in [1.29, 1.82) is 0 Å². The number of likely N-dealkylation sites (tertiary alicyclic amines) is 1. The van der Waals surface area contributed by atoms with Gasteiger partial charge in [0.2, 0.25) is 5.91 Å². The van der Waals surface area contributed by atoms with Gasteiger partial charge in [-0.2, -0.15) is 0 Å². The van der Waals surface area contributed by atoms with Crippen LogP contribution in [0.4, 0.5) is 0 Å². The third kappa shape index (κ3) is 3.70. The fraction of sp³-hybridized carbons (Fsp3) is 0.667. The predicted octanol–water partition coefficient (Wildman–Crippen LogP) is 3.08. The van der Waals surface area contributed by atoms with E-state index in [1.165, 1.54) is 19.3 Å². The van der Waals surface area contributed by atoms with Crippen molar-refractivity contribution in [1.82, 2.24) is 10.2 Å². The Morgan fingerprint density at radius 2 is 1.52 bits per heavy atom. The third-order valence-corrected chi connectivity index (χ3v) is 8.00. The van der Waals surface area contributed by atoms with Crippen molar-refractivity contribution in [3.8, 4) is 0 Å². The molecule has 0 atom stereocenters. The second-order valence-corrected chi connectivity index (χ2v) is 10.2. The first-order chi connectivity index (χ1) is 14.0. The molecule has 5 heteroatoms. The number of nitrogens with one attached hydrogen (secondary N) is 1. The van der Waals surface area contributed by atoms with Crippen molar-refractivity contribution in [2.24, 2.45) is 28.9 Å². The zero-order valence-corrected chi connectivity index (χ0v) is 17.2. The summed E-state index contributed by atoms with van der Waals surface area (Å²) >= 11 is 0. The van der Waals surface area contributed by atoms with Crippen molar-refractivity contribution in [3.05, 3.63) is 35.4 Å². The van der Waals surface area contributed by atoms with E-state index in [9.17, 15) is 9.59 Å². The Balaban J connectivity index is 1.18. The Morgan fingerprint density at radius 1 is 0.966 bits per heavy atom. The number of amides is 2. The van der Waals surface area contributed by atoms with Gasteiger partial charge >= 0.3 is 0 Å². The molecule has 4 bridgehead atoms. The van der Waals surface area contributed by atoms with E-state index in [-0.39, 0.29) is 23.3 Å². The van der Waals surface area contributed by atoms with E-state index in [0.717, 1.165) is 74.1 Å². The predicted molar refractivity (Wildman–Crippen MR) is 112 cm³/mol. The SMILES string of the molecule is NC1CCN(C(=O)c2ccc(CNC(=O)C34CC5CC(CC(C5)C3)C4)cc2)CC1. The minimum Gasteiger partial charge on any atom is -0.352 e. The van der Waals surface area contributed by atoms with Crippen molar-refractivity contribution in [2.75, 3.05) is 13.1 Å². The first-order valence-electron chi connectivity index (χ1n) is 11.4. The molecule has 1 aromatic rings. The van der Waals surface area contributed by atoms with Crippen LogP contribution in [-0.4, -0.2) is 35.8 Å². The van der Waals surface area contributed by atoms with Crippen LogP contribution in [0, 0.1) is 23.2 Å². The molecule has 4 aliphatic carbocycles. The number of nitrogens with zero attached hydrogens (tertiary/aromatic N) is 1. The van der Waals surface area contributed by atoms with Gasteiger partial charge in [-0.3, -0.25) is 9.59 Å². The van der Waals surface area contributed by atoms with Crippen LogP contribution in [0.1, 0.15) is 67.3 Å². The van der Waals surface area contributed by atoms with E-state index in [1.54, 1.807) is 0 Å². The van der Waals surface area contributed by atoms with Gasteiger partial charge in [0, 0.05) is 36.7 Å². The fourth-order valence-electron chi connectivity index (χ4n) is 6.81. The van der Waals surface area contributed by atoms with Crippen LogP contribution in [0.25, 0.3) is 0 Å².